The second kappa shape index (κ2) is 4.97. The molecule has 0 spiro atoms. The number of hydrogen-bond donors (Lipinski definition) is 1. The van der Waals surface area contributed by atoms with Crippen molar-refractivity contribution in [1.82, 2.24) is 4.90 Å². The van der Waals surface area contributed by atoms with Crippen LogP contribution in [0.2, 0.25) is 0 Å². The van der Waals surface area contributed by atoms with Crippen molar-refractivity contribution in [1.29, 1.82) is 0 Å². The van der Waals surface area contributed by atoms with Gasteiger partial charge in [0.05, 0.1) is 0 Å². The van der Waals surface area contributed by atoms with Crippen LogP contribution < -0.4 is 0 Å². The molecule has 0 aliphatic carbocycles. The van der Waals surface area contributed by atoms with Crippen molar-refractivity contribution in [3.63, 3.8) is 0 Å². The summed E-state index contributed by atoms with van der Waals surface area (Å²) in [5.41, 5.74) is -0.00621. The minimum Gasteiger partial charge on any atom is -0.381 e. The average molecular weight is 241 g/mol. The fraction of sp³-hybridized carbons (Fsp3) is 0.583. The highest BCUT2D eigenvalue weighted by Crippen LogP contribution is 2.16. The highest BCUT2D eigenvalue weighted by atomic mass is 32.1. The molecule has 0 aromatic carbocycles. The zero-order chi connectivity index (χ0) is 12.3. The zero-order valence-electron chi connectivity index (χ0n) is 10.3. The molecule has 16 heavy (non-hydrogen) atoms. The molecular formula is C12H19NO2S. The summed E-state index contributed by atoms with van der Waals surface area (Å²) in [6.45, 7) is 5.75. The number of nitrogens with zero attached hydrogens (tertiary/aromatic N) is 1. The second-order valence-electron chi connectivity index (χ2n) is 4.56. The number of carbonyl (C=O) groups is 1. The van der Waals surface area contributed by atoms with Gasteiger partial charge in [-0.1, -0.05) is 0 Å². The molecule has 0 aliphatic rings. The van der Waals surface area contributed by atoms with E-state index in [2.05, 4.69) is 18.4 Å². The Balaban J connectivity index is 2.51. The third-order valence-electron chi connectivity index (χ3n) is 2.51. The topological polar surface area (TPSA) is 40.5 Å². The SMILES string of the molecule is Cc1ccsc1CCN(C)C(=O)C(C)(C)O. The maximum absolute atomic E-state index is 11.7. The van der Waals surface area contributed by atoms with E-state index in [0.717, 1.165) is 6.42 Å². The molecule has 90 valence electrons. The molecule has 1 N–H and O–H groups in total. The summed E-state index contributed by atoms with van der Waals surface area (Å²) in [6.07, 6.45) is 0.849. The van der Waals surface area contributed by atoms with Crippen LogP contribution >= 0.6 is 11.3 Å². The van der Waals surface area contributed by atoms with Gasteiger partial charge in [-0.25, -0.2) is 0 Å². The first kappa shape index (κ1) is 13.2. The molecule has 0 radical (unpaired) electrons. The molecule has 1 aromatic rings. The van der Waals surface area contributed by atoms with Crippen molar-refractivity contribution in [3.8, 4) is 0 Å². The van der Waals surface area contributed by atoms with Crippen molar-refractivity contribution in [2.24, 2.45) is 0 Å². The number of thiophene rings is 1. The Bertz CT molecular complexity index is 365. The summed E-state index contributed by atoms with van der Waals surface area (Å²) in [5, 5.41) is 11.6. The van der Waals surface area contributed by atoms with Crippen LogP contribution in [-0.2, 0) is 11.2 Å². The smallest absolute Gasteiger partial charge is 0.253 e. The standard InChI is InChI=1S/C12H19NO2S/c1-9-6-8-16-10(9)5-7-13(4)11(14)12(2,3)15/h6,8,15H,5,7H2,1-4H3. The van der Waals surface area contributed by atoms with E-state index in [4.69, 9.17) is 0 Å². The van der Waals surface area contributed by atoms with Gasteiger partial charge < -0.3 is 10.0 Å². The minimum atomic E-state index is -1.28. The molecule has 1 heterocycles. The third-order valence-corrected chi connectivity index (χ3v) is 3.60. The largest absolute Gasteiger partial charge is 0.381 e. The first-order chi connectivity index (χ1) is 7.32. The summed E-state index contributed by atoms with van der Waals surface area (Å²) < 4.78 is 0. The predicted molar refractivity (Wildman–Crippen MR) is 66.7 cm³/mol. The lowest BCUT2D eigenvalue weighted by Gasteiger charge is -2.24. The summed E-state index contributed by atoms with van der Waals surface area (Å²) in [7, 11) is 1.73. The summed E-state index contributed by atoms with van der Waals surface area (Å²) in [6, 6.07) is 2.08. The molecule has 1 aromatic heterocycles. The second-order valence-corrected chi connectivity index (χ2v) is 5.56. The van der Waals surface area contributed by atoms with Gasteiger partial charge in [0, 0.05) is 18.5 Å². The van der Waals surface area contributed by atoms with Crippen molar-refractivity contribution >= 4 is 17.2 Å². The van der Waals surface area contributed by atoms with Crippen LogP contribution in [0.3, 0.4) is 0 Å². The van der Waals surface area contributed by atoms with Gasteiger partial charge in [-0.2, -0.15) is 0 Å². The molecule has 4 heteroatoms. The Hall–Kier alpha value is -0.870. The normalized spacial score (nSPS) is 11.6. The van der Waals surface area contributed by atoms with E-state index in [0.29, 0.717) is 6.54 Å². The molecule has 0 fully saturated rings. The van der Waals surface area contributed by atoms with Crippen LogP contribution in [0.1, 0.15) is 24.3 Å². The Kier molecular flexibility index (Phi) is 4.10. The predicted octanol–water partition coefficient (Wildman–Crippen LogP) is 1.83. The van der Waals surface area contributed by atoms with E-state index in [1.165, 1.54) is 24.3 Å². The van der Waals surface area contributed by atoms with E-state index in [1.807, 2.05) is 0 Å². The number of rotatable bonds is 4. The maximum atomic E-state index is 11.7. The van der Waals surface area contributed by atoms with Crippen molar-refractivity contribution in [2.75, 3.05) is 13.6 Å². The lowest BCUT2D eigenvalue weighted by atomic mass is 10.1. The van der Waals surface area contributed by atoms with E-state index in [-0.39, 0.29) is 5.91 Å². The minimum absolute atomic E-state index is 0.235. The van der Waals surface area contributed by atoms with Crippen molar-refractivity contribution in [3.05, 3.63) is 21.9 Å². The number of aryl methyl sites for hydroxylation is 1. The molecule has 0 saturated heterocycles. The van der Waals surface area contributed by atoms with Gasteiger partial charge in [0.15, 0.2) is 0 Å². The number of amides is 1. The third kappa shape index (κ3) is 3.32. The van der Waals surface area contributed by atoms with E-state index < -0.39 is 5.60 Å². The molecule has 0 atom stereocenters. The molecule has 1 amide bonds. The van der Waals surface area contributed by atoms with Crippen molar-refractivity contribution < 1.29 is 9.90 Å². The first-order valence-corrected chi connectivity index (χ1v) is 6.21. The molecular weight excluding hydrogens is 222 g/mol. The molecule has 0 unspecified atom stereocenters. The van der Waals surface area contributed by atoms with Gasteiger partial charge in [-0.15, -0.1) is 11.3 Å². The van der Waals surface area contributed by atoms with Crippen LogP contribution in [0.5, 0.6) is 0 Å². The van der Waals surface area contributed by atoms with Crippen molar-refractivity contribution in [2.45, 2.75) is 32.8 Å². The quantitative estimate of drug-likeness (QED) is 0.873. The molecule has 1 rings (SSSR count). The van der Waals surface area contributed by atoms with Crippen LogP contribution in [0, 0.1) is 6.92 Å². The molecule has 3 nitrogen and oxygen atoms in total. The van der Waals surface area contributed by atoms with Crippen LogP contribution in [0.4, 0.5) is 0 Å². The lowest BCUT2D eigenvalue weighted by molar-refractivity contribution is -0.146. The zero-order valence-corrected chi connectivity index (χ0v) is 11.1. The number of carbonyl (C=O) groups excluding carboxylic acids is 1. The van der Waals surface area contributed by atoms with Gasteiger partial charge in [0.25, 0.3) is 5.91 Å². The van der Waals surface area contributed by atoms with E-state index >= 15 is 0 Å². The summed E-state index contributed by atoms with van der Waals surface area (Å²) in [4.78, 5) is 14.6. The lowest BCUT2D eigenvalue weighted by Crippen LogP contribution is -2.43. The Morgan fingerprint density at radius 2 is 2.19 bits per heavy atom. The molecule has 0 bridgehead atoms. The van der Waals surface area contributed by atoms with Crippen LogP contribution in [0.25, 0.3) is 0 Å². The van der Waals surface area contributed by atoms with Gasteiger partial charge in [0.2, 0.25) is 0 Å². The fourth-order valence-electron chi connectivity index (χ4n) is 1.50. The highest BCUT2D eigenvalue weighted by molar-refractivity contribution is 7.10. The van der Waals surface area contributed by atoms with Gasteiger partial charge in [-0.3, -0.25) is 4.79 Å². The maximum Gasteiger partial charge on any atom is 0.253 e. The van der Waals surface area contributed by atoms with Gasteiger partial charge in [-0.05, 0) is 44.2 Å². The molecule has 0 aliphatic heterocycles. The van der Waals surface area contributed by atoms with Crippen LogP contribution in [-0.4, -0.2) is 35.1 Å². The number of hydrogen-bond acceptors (Lipinski definition) is 3. The Morgan fingerprint density at radius 3 is 2.62 bits per heavy atom. The average Bonchev–Trinajstić information content (AvgIpc) is 2.58. The summed E-state index contributed by atoms with van der Waals surface area (Å²) in [5.74, 6) is -0.235. The monoisotopic (exact) mass is 241 g/mol. The Morgan fingerprint density at radius 1 is 1.56 bits per heavy atom. The van der Waals surface area contributed by atoms with E-state index in [9.17, 15) is 9.90 Å². The van der Waals surface area contributed by atoms with Gasteiger partial charge in [0.1, 0.15) is 5.60 Å². The Labute approximate surface area is 101 Å². The van der Waals surface area contributed by atoms with Crippen LogP contribution in [0.15, 0.2) is 11.4 Å². The fourth-order valence-corrected chi connectivity index (χ4v) is 2.40. The number of aliphatic hydroxyl groups is 1. The van der Waals surface area contributed by atoms with E-state index in [1.54, 1.807) is 23.3 Å². The van der Waals surface area contributed by atoms with Gasteiger partial charge >= 0.3 is 0 Å². The highest BCUT2D eigenvalue weighted by Gasteiger charge is 2.26. The number of likely N-dealkylation sites (N-methyl/N-ethyl adjacent to an activating group) is 1. The first-order valence-electron chi connectivity index (χ1n) is 5.33. The molecule has 0 saturated carbocycles. The summed E-state index contributed by atoms with van der Waals surface area (Å²) >= 11 is 1.71.